The van der Waals surface area contributed by atoms with Crippen molar-refractivity contribution < 1.29 is 9.59 Å². The molecule has 1 aromatic carbocycles. The summed E-state index contributed by atoms with van der Waals surface area (Å²) in [6.45, 7) is 2.88. The molecule has 0 atom stereocenters. The molecule has 0 aromatic heterocycles. The van der Waals surface area contributed by atoms with E-state index in [-0.39, 0.29) is 11.8 Å². The van der Waals surface area contributed by atoms with Gasteiger partial charge in [-0.05, 0) is 18.2 Å². The van der Waals surface area contributed by atoms with Crippen LogP contribution in [0.15, 0.2) is 18.2 Å². The van der Waals surface area contributed by atoms with E-state index >= 15 is 0 Å². The van der Waals surface area contributed by atoms with Crippen LogP contribution in [-0.2, 0) is 4.79 Å². The molecule has 1 aromatic rings. The van der Waals surface area contributed by atoms with Gasteiger partial charge in [0.2, 0.25) is 5.91 Å². The fourth-order valence-corrected chi connectivity index (χ4v) is 2.34. The molecule has 2 rings (SSSR count). The summed E-state index contributed by atoms with van der Waals surface area (Å²) in [4.78, 5) is 27.5. The molecule has 21 heavy (non-hydrogen) atoms. The molecule has 1 heterocycles. The Kier molecular flexibility index (Phi) is 4.64. The van der Waals surface area contributed by atoms with Gasteiger partial charge in [0, 0.05) is 44.6 Å². The average molecular weight is 291 g/mol. The summed E-state index contributed by atoms with van der Waals surface area (Å²) >= 11 is 0. The summed E-state index contributed by atoms with van der Waals surface area (Å²) in [6.07, 6.45) is 0. The maximum Gasteiger partial charge on any atom is 0.256 e. The van der Waals surface area contributed by atoms with Crippen LogP contribution in [0.4, 0.5) is 11.4 Å². The first-order chi connectivity index (χ1) is 10.0. The third-order valence-corrected chi connectivity index (χ3v) is 3.61. The molecule has 0 radical (unpaired) electrons. The van der Waals surface area contributed by atoms with Crippen LogP contribution in [0, 0.1) is 0 Å². The van der Waals surface area contributed by atoms with Gasteiger partial charge < -0.3 is 21.7 Å². The summed E-state index contributed by atoms with van der Waals surface area (Å²) < 4.78 is 0. The second-order valence-electron chi connectivity index (χ2n) is 5.09. The topological polar surface area (TPSA) is 105 Å². The number of carbonyl (C=O) groups is 2. The molecule has 7 heteroatoms. The number of benzene rings is 1. The molecule has 5 N–H and O–H groups in total. The normalized spacial score (nSPS) is 15.8. The van der Waals surface area contributed by atoms with Crippen LogP contribution in [-0.4, -0.2) is 61.4 Å². The molecule has 0 saturated carbocycles. The fraction of sp³-hybridized carbons (Fsp3) is 0.429. The van der Waals surface area contributed by atoms with Gasteiger partial charge >= 0.3 is 0 Å². The van der Waals surface area contributed by atoms with Crippen molar-refractivity contribution in [2.45, 2.75) is 0 Å². The number of nitrogens with zero attached hydrogens (tertiary/aromatic N) is 2. The lowest BCUT2D eigenvalue weighted by molar-refractivity contribution is -0.122. The Morgan fingerprint density at radius 3 is 2.43 bits per heavy atom. The number of likely N-dealkylation sites (N-methyl/N-ethyl adjacent to an activating group) is 1. The summed E-state index contributed by atoms with van der Waals surface area (Å²) in [5, 5.41) is 2.60. The van der Waals surface area contributed by atoms with E-state index in [0.717, 1.165) is 0 Å². The maximum absolute atomic E-state index is 12.4. The first kappa shape index (κ1) is 15.1. The fourth-order valence-electron chi connectivity index (χ4n) is 2.34. The van der Waals surface area contributed by atoms with Gasteiger partial charge in [-0.15, -0.1) is 0 Å². The molecule has 1 aliphatic rings. The molecule has 7 nitrogen and oxygen atoms in total. The van der Waals surface area contributed by atoms with Crippen molar-refractivity contribution in [3.8, 4) is 0 Å². The third kappa shape index (κ3) is 3.63. The number of piperazine rings is 1. The highest BCUT2D eigenvalue weighted by molar-refractivity contribution is 5.99. The minimum Gasteiger partial charge on any atom is -0.399 e. The molecular weight excluding hydrogens is 270 g/mol. The van der Waals surface area contributed by atoms with E-state index in [9.17, 15) is 9.59 Å². The molecule has 2 amide bonds. The summed E-state index contributed by atoms with van der Waals surface area (Å²) in [7, 11) is 1.62. The Hall–Kier alpha value is -2.28. The second-order valence-corrected chi connectivity index (χ2v) is 5.09. The minimum absolute atomic E-state index is 0.0162. The minimum atomic E-state index is -0.0907. The van der Waals surface area contributed by atoms with Crippen LogP contribution in [0.3, 0.4) is 0 Å². The lowest BCUT2D eigenvalue weighted by Gasteiger charge is -2.34. The number of rotatable bonds is 3. The first-order valence-electron chi connectivity index (χ1n) is 6.88. The van der Waals surface area contributed by atoms with Gasteiger partial charge in [0.05, 0.1) is 12.1 Å². The number of nitrogens with one attached hydrogen (secondary N) is 1. The van der Waals surface area contributed by atoms with Crippen LogP contribution >= 0.6 is 0 Å². The number of nitrogen functional groups attached to an aromatic ring is 2. The molecule has 0 bridgehead atoms. The van der Waals surface area contributed by atoms with E-state index in [0.29, 0.717) is 49.7 Å². The van der Waals surface area contributed by atoms with Gasteiger partial charge in [0.25, 0.3) is 5.91 Å². The van der Waals surface area contributed by atoms with Crippen LogP contribution in [0.25, 0.3) is 0 Å². The number of amides is 2. The molecule has 0 spiro atoms. The van der Waals surface area contributed by atoms with Crippen LogP contribution in [0.1, 0.15) is 10.4 Å². The smallest absolute Gasteiger partial charge is 0.256 e. The first-order valence-corrected chi connectivity index (χ1v) is 6.88. The zero-order chi connectivity index (χ0) is 15.4. The molecule has 0 unspecified atom stereocenters. The van der Waals surface area contributed by atoms with Crippen LogP contribution in [0.2, 0.25) is 0 Å². The highest BCUT2D eigenvalue weighted by atomic mass is 16.2. The lowest BCUT2D eigenvalue weighted by atomic mass is 10.1. The van der Waals surface area contributed by atoms with Crippen LogP contribution in [0.5, 0.6) is 0 Å². The summed E-state index contributed by atoms with van der Waals surface area (Å²) in [5.74, 6) is -0.107. The van der Waals surface area contributed by atoms with E-state index in [1.807, 2.05) is 4.90 Å². The van der Waals surface area contributed by atoms with E-state index in [1.54, 1.807) is 30.1 Å². The number of hydrogen-bond acceptors (Lipinski definition) is 5. The molecule has 1 aliphatic heterocycles. The Labute approximate surface area is 123 Å². The van der Waals surface area contributed by atoms with Crippen molar-refractivity contribution in [3.63, 3.8) is 0 Å². The Morgan fingerprint density at radius 1 is 1.19 bits per heavy atom. The average Bonchev–Trinajstić information content (AvgIpc) is 2.47. The van der Waals surface area contributed by atoms with Gasteiger partial charge in [-0.3, -0.25) is 14.5 Å². The Morgan fingerprint density at radius 2 is 1.86 bits per heavy atom. The van der Waals surface area contributed by atoms with Gasteiger partial charge in [-0.25, -0.2) is 0 Å². The number of nitrogens with two attached hydrogens (primary N) is 2. The molecule has 114 valence electrons. The van der Waals surface area contributed by atoms with Crippen molar-refractivity contribution in [2.75, 3.05) is 51.2 Å². The molecule has 0 aliphatic carbocycles. The largest absolute Gasteiger partial charge is 0.399 e. The van der Waals surface area contributed by atoms with E-state index < -0.39 is 0 Å². The standard InChI is InChI=1S/C14H21N5O2/c1-17-13(20)9-18-4-6-19(7-5-18)14(21)11-3-2-10(15)8-12(11)16/h2-3,8H,4-7,9,15-16H2,1H3,(H,17,20). The van der Waals surface area contributed by atoms with E-state index in [4.69, 9.17) is 11.5 Å². The SMILES string of the molecule is CNC(=O)CN1CCN(C(=O)c2ccc(N)cc2N)CC1. The third-order valence-electron chi connectivity index (χ3n) is 3.61. The van der Waals surface area contributed by atoms with Crippen LogP contribution < -0.4 is 16.8 Å². The highest BCUT2D eigenvalue weighted by Crippen LogP contribution is 2.18. The second kappa shape index (κ2) is 6.45. The van der Waals surface area contributed by atoms with E-state index in [1.165, 1.54) is 0 Å². The Bertz CT molecular complexity index is 538. The zero-order valence-corrected chi connectivity index (χ0v) is 12.1. The van der Waals surface area contributed by atoms with Gasteiger partial charge in [0.15, 0.2) is 0 Å². The monoisotopic (exact) mass is 291 g/mol. The molecule has 1 fully saturated rings. The summed E-state index contributed by atoms with van der Waals surface area (Å²) in [6, 6.07) is 4.92. The molecule has 1 saturated heterocycles. The van der Waals surface area contributed by atoms with Gasteiger partial charge in [-0.2, -0.15) is 0 Å². The lowest BCUT2D eigenvalue weighted by Crippen LogP contribution is -2.51. The maximum atomic E-state index is 12.4. The van der Waals surface area contributed by atoms with Gasteiger partial charge in [-0.1, -0.05) is 0 Å². The quantitative estimate of drug-likeness (QED) is 0.642. The van der Waals surface area contributed by atoms with Gasteiger partial charge in [0.1, 0.15) is 0 Å². The van der Waals surface area contributed by atoms with Crippen molar-refractivity contribution in [3.05, 3.63) is 23.8 Å². The van der Waals surface area contributed by atoms with Crippen molar-refractivity contribution in [2.24, 2.45) is 0 Å². The number of hydrogen-bond donors (Lipinski definition) is 3. The number of carbonyl (C=O) groups excluding carboxylic acids is 2. The number of anilines is 2. The predicted octanol–water partition coefficient (Wildman–Crippen LogP) is -0.645. The Balaban J connectivity index is 1.95. The zero-order valence-electron chi connectivity index (χ0n) is 12.1. The predicted molar refractivity (Wildman–Crippen MR) is 81.7 cm³/mol. The van der Waals surface area contributed by atoms with E-state index in [2.05, 4.69) is 5.32 Å². The van der Waals surface area contributed by atoms with Crippen molar-refractivity contribution >= 4 is 23.2 Å². The highest BCUT2D eigenvalue weighted by Gasteiger charge is 2.24. The van der Waals surface area contributed by atoms with Crippen molar-refractivity contribution in [1.82, 2.24) is 15.1 Å². The molecular formula is C14H21N5O2. The summed E-state index contributed by atoms with van der Waals surface area (Å²) in [5.41, 5.74) is 12.9. The van der Waals surface area contributed by atoms with Crippen molar-refractivity contribution in [1.29, 1.82) is 0 Å².